The number of hydrogen-bond acceptors (Lipinski definition) is 1. The molecule has 18 heavy (non-hydrogen) atoms. The molecule has 1 saturated carbocycles. The van der Waals surface area contributed by atoms with Gasteiger partial charge in [0.15, 0.2) is 0 Å². The van der Waals surface area contributed by atoms with Crippen LogP contribution in [0, 0.1) is 11.8 Å². The molecule has 0 aromatic carbocycles. The lowest BCUT2D eigenvalue weighted by molar-refractivity contribution is 0.301. The van der Waals surface area contributed by atoms with Crippen molar-refractivity contribution in [3.8, 4) is 0 Å². The van der Waals surface area contributed by atoms with Crippen LogP contribution < -0.4 is 0 Å². The maximum atomic E-state index is 6.41. The van der Waals surface area contributed by atoms with Crippen molar-refractivity contribution < 1.29 is 4.43 Å². The largest absolute Gasteiger partial charge is 0.419 e. The Hall–Kier alpha value is -0.0831. The maximum Gasteiger partial charge on any atom is 0.206 e. The molecule has 1 fully saturated rings. The van der Waals surface area contributed by atoms with Crippen LogP contribution in [0.2, 0.25) is 15.6 Å². The smallest absolute Gasteiger partial charge is 0.206 e. The van der Waals surface area contributed by atoms with E-state index in [0.29, 0.717) is 10.1 Å². The van der Waals surface area contributed by atoms with E-state index in [1.807, 2.05) is 7.11 Å². The fraction of sp³-hybridized carbons (Fsp3) is 0.875. The van der Waals surface area contributed by atoms with Gasteiger partial charge in [0.25, 0.3) is 0 Å². The Morgan fingerprint density at radius 2 is 1.50 bits per heavy atom. The standard InChI is InChI=1S/C16H30OSi/c1-15(2,3)18(17-7,16(4,5)6)14-11-12-8-9-13(14)10-12/h8-9,12-14H,10-11H2,1-7H3. The summed E-state index contributed by atoms with van der Waals surface area (Å²) in [5.74, 6) is 1.63. The summed E-state index contributed by atoms with van der Waals surface area (Å²) in [6.07, 6.45) is 7.68. The van der Waals surface area contributed by atoms with Gasteiger partial charge in [-0.05, 0) is 40.3 Å². The predicted molar refractivity (Wildman–Crippen MR) is 81.3 cm³/mol. The van der Waals surface area contributed by atoms with Crippen molar-refractivity contribution >= 4 is 8.32 Å². The molecule has 0 aliphatic heterocycles. The molecule has 2 rings (SSSR count). The van der Waals surface area contributed by atoms with E-state index in [9.17, 15) is 0 Å². The molecule has 2 bridgehead atoms. The van der Waals surface area contributed by atoms with Crippen molar-refractivity contribution in [2.45, 2.75) is 70.0 Å². The first-order chi connectivity index (χ1) is 8.13. The Balaban J connectivity index is 2.46. The molecule has 0 aromatic heterocycles. The first-order valence-corrected chi connectivity index (χ1v) is 9.35. The lowest BCUT2D eigenvalue weighted by Gasteiger charge is -2.55. The van der Waals surface area contributed by atoms with E-state index in [4.69, 9.17) is 4.43 Å². The molecule has 1 nitrogen and oxygen atoms in total. The van der Waals surface area contributed by atoms with Crippen molar-refractivity contribution in [1.29, 1.82) is 0 Å². The normalized spacial score (nSPS) is 32.3. The van der Waals surface area contributed by atoms with E-state index in [1.165, 1.54) is 12.8 Å². The quantitative estimate of drug-likeness (QED) is 0.496. The average Bonchev–Trinajstić information content (AvgIpc) is 2.76. The van der Waals surface area contributed by atoms with Crippen LogP contribution in [0.5, 0.6) is 0 Å². The first kappa shape index (κ1) is 14.3. The Morgan fingerprint density at radius 3 is 1.78 bits per heavy atom. The van der Waals surface area contributed by atoms with Crippen LogP contribution in [0.15, 0.2) is 12.2 Å². The van der Waals surface area contributed by atoms with Gasteiger partial charge in [-0.2, -0.15) is 0 Å². The number of hydrogen-bond donors (Lipinski definition) is 0. The fourth-order valence-corrected chi connectivity index (χ4v) is 12.7. The molecule has 2 aliphatic rings. The zero-order valence-corrected chi connectivity index (χ0v) is 14.2. The van der Waals surface area contributed by atoms with Crippen molar-refractivity contribution in [3.63, 3.8) is 0 Å². The predicted octanol–water partition coefficient (Wildman–Crippen LogP) is 5.14. The molecule has 3 unspecified atom stereocenters. The summed E-state index contributed by atoms with van der Waals surface area (Å²) in [7, 11) is 0.140. The Bertz CT molecular complexity index is 331. The van der Waals surface area contributed by atoms with Gasteiger partial charge in [-0.3, -0.25) is 0 Å². The maximum absolute atomic E-state index is 6.41. The lowest BCUT2D eigenvalue weighted by atomic mass is 10.1. The van der Waals surface area contributed by atoms with Gasteiger partial charge in [-0.1, -0.05) is 53.7 Å². The summed E-state index contributed by atoms with van der Waals surface area (Å²) < 4.78 is 6.41. The Morgan fingerprint density at radius 1 is 0.944 bits per heavy atom. The molecule has 104 valence electrons. The molecule has 2 heteroatoms. The van der Waals surface area contributed by atoms with Gasteiger partial charge in [-0.25, -0.2) is 0 Å². The molecule has 0 amide bonds. The summed E-state index contributed by atoms with van der Waals surface area (Å²) >= 11 is 0. The van der Waals surface area contributed by atoms with Crippen LogP contribution in [0.1, 0.15) is 54.4 Å². The third-order valence-corrected chi connectivity index (χ3v) is 12.2. The van der Waals surface area contributed by atoms with Crippen LogP contribution in [-0.4, -0.2) is 15.4 Å². The topological polar surface area (TPSA) is 9.23 Å². The summed E-state index contributed by atoms with van der Waals surface area (Å²) in [5.41, 5.74) is 0.803. The second-order valence-corrected chi connectivity index (χ2v) is 13.9. The van der Waals surface area contributed by atoms with E-state index in [0.717, 1.165) is 17.4 Å². The van der Waals surface area contributed by atoms with Crippen LogP contribution >= 0.6 is 0 Å². The number of allylic oxidation sites excluding steroid dienone is 2. The highest BCUT2D eigenvalue weighted by Crippen LogP contribution is 2.64. The SMILES string of the molecule is CO[Si](C1CC2C=CC1C2)(C(C)(C)C)C(C)(C)C. The summed E-state index contributed by atoms with van der Waals surface area (Å²) in [6, 6.07) is 0. The van der Waals surface area contributed by atoms with E-state index >= 15 is 0 Å². The summed E-state index contributed by atoms with van der Waals surface area (Å²) in [6.45, 7) is 14.4. The van der Waals surface area contributed by atoms with Gasteiger partial charge >= 0.3 is 0 Å². The third kappa shape index (κ3) is 1.84. The fourth-order valence-electron chi connectivity index (χ4n) is 5.25. The highest BCUT2D eigenvalue weighted by Gasteiger charge is 2.62. The van der Waals surface area contributed by atoms with E-state index in [1.54, 1.807) is 0 Å². The summed E-state index contributed by atoms with van der Waals surface area (Å²) in [5, 5.41) is 0.589. The molecular weight excluding hydrogens is 236 g/mol. The Labute approximate surface area is 114 Å². The van der Waals surface area contributed by atoms with E-state index in [-0.39, 0.29) is 0 Å². The monoisotopic (exact) mass is 266 g/mol. The molecular formula is C16H30OSi. The van der Waals surface area contributed by atoms with Crippen molar-refractivity contribution in [3.05, 3.63) is 12.2 Å². The molecule has 0 N–H and O–H groups in total. The second-order valence-electron chi connectivity index (χ2n) is 8.33. The first-order valence-electron chi connectivity index (χ1n) is 7.37. The van der Waals surface area contributed by atoms with Gasteiger partial charge in [-0.15, -0.1) is 0 Å². The number of rotatable bonds is 2. The average molecular weight is 267 g/mol. The van der Waals surface area contributed by atoms with Gasteiger partial charge < -0.3 is 4.43 Å². The molecule has 3 atom stereocenters. The zero-order chi connectivity index (χ0) is 13.8. The van der Waals surface area contributed by atoms with Crippen molar-refractivity contribution in [2.75, 3.05) is 7.11 Å². The van der Waals surface area contributed by atoms with Crippen molar-refractivity contribution in [2.24, 2.45) is 11.8 Å². The number of fused-ring (bicyclic) bond motifs is 2. The van der Waals surface area contributed by atoms with Crippen LogP contribution in [0.3, 0.4) is 0 Å². The molecule has 2 aliphatic carbocycles. The van der Waals surface area contributed by atoms with E-state index in [2.05, 4.69) is 53.7 Å². The zero-order valence-electron chi connectivity index (χ0n) is 13.2. The minimum atomic E-state index is -1.84. The summed E-state index contributed by atoms with van der Waals surface area (Å²) in [4.78, 5) is 0. The molecule has 0 saturated heterocycles. The van der Waals surface area contributed by atoms with Gasteiger partial charge in [0.2, 0.25) is 8.32 Å². The van der Waals surface area contributed by atoms with Crippen LogP contribution in [-0.2, 0) is 4.43 Å². The molecule has 0 spiro atoms. The minimum absolute atomic E-state index is 0.295. The van der Waals surface area contributed by atoms with Crippen LogP contribution in [0.4, 0.5) is 0 Å². The highest BCUT2D eigenvalue weighted by molar-refractivity contribution is 6.80. The molecule has 0 aromatic rings. The van der Waals surface area contributed by atoms with Gasteiger partial charge in [0.05, 0.1) is 0 Å². The van der Waals surface area contributed by atoms with Gasteiger partial charge in [0, 0.05) is 7.11 Å². The van der Waals surface area contributed by atoms with Crippen LogP contribution in [0.25, 0.3) is 0 Å². The third-order valence-electron chi connectivity index (χ3n) is 5.35. The lowest BCUT2D eigenvalue weighted by Crippen LogP contribution is -2.58. The Kier molecular flexibility index (Phi) is 3.35. The molecule has 0 heterocycles. The van der Waals surface area contributed by atoms with Gasteiger partial charge in [0.1, 0.15) is 0 Å². The van der Waals surface area contributed by atoms with Crippen molar-refractivity contribution in [1.82, 2.24) is 0 Å². The minimum Gasteiger partial charge on any atom is -0.419 e. The van der Waals surface area contributed by atoms with E-state index < -0.39 is 8.32 Å². The molecule has 0 radical (unpaired) electrons. The highest BCUT2D eigenvalue weighted by atomic mass is 28.4. The second kappa shape index (κ2) is 4.21.